The average molecular weight is 392 g/mol. The maximum atomic E-state index is 11.4. The average Bonchev–Trinajstić information content (AvgIpc) is 3.07. The summed E-state index contributed by atoms with van der Waals surface area (Å²) in [5.41, 5.74) is 0.0195. The zero-order valence-electron chi connectivity index (χ0n) is 13.6. The lowest BCUT2D eigenvalue weighted by Crippen LogP contribution is -2.39. The van der Waals surface area contributed by atoms with Crippen LogP contribution in [0.25, 0.3) is 0 Å². The van der Waals surface area contributed by atoms with Crippen LogP contribution >= 0.6 is 23.2 Å². The Bertz CT molecular complexity index is 888. The molecule has 134 valence electrons. The molecule has 1 unspecified atom stereocenters. The molecule has 26 heavy (non-hydrogen) atoms. The highest BCUT2D eigenvalue weighted by Crippen LogP contribution is 2.38. The highest BCUT2D eigenvalue weighted by atomic mass is 35.5. The summed E-state index contributed by atoms with van der Waals surface area (Å²) >= 11 is 12.4. The van der Waals surface area contributed by atoms with Gasteiger partial charge >= 0.3 is 0 Å². The molecule has 0 spiro atoms. The number of hydrogen-bond donors (Lipinski definition) is 0. The third kappa shape index (κ3) is 4.15. The molecule has 3 aromatic rings. The van der Waals surface area contributed by atoms with Gasteiger partial charge in [-0.2, -0.15) is 0 Å². The minimum atomic E-state index is -1.34. The number of nitrogens with zero attached hydrogens (tertiary/aromatic N) is 3. The molecule has 1 heterocycles. The Labute approximate surface area is 160 Å². The summed E-state index contributed by atoms with van der Waals surface area (Å²) in [6.45, 7) is 0.157. The quantitative estimate of drug-likeness (QED) is 0.437. The van der Waals surface area contributed by atoms with Crippen molar-refractivity contribution in [3.8, 4) is 0 Å². The molecule has 0 amide bonds. The Balaban J connectivity index is 2.14. The van der Waals surface area contributed by atoms with Gasteiger partial charge in [-0.05, 0) is 17.7 Å². The fraction of sp³-hybridized carbons (Fsp3) is 0.167. The lowest BCUT2D eigenvalue weighted by atomic mass is 9.86. The molecule has 0 aliphatic rings. The fourth-order valence-electron chi connectivity index (χ4n) is 2.95. The van der Waals surface area contributed by atoms with Gasteiger partial charge in [0.25, 0.3) is 5.09 Å². The molecule has 8 heteroatoms. The maximum absolute atomic E-state index is 11.4. The van der Waals surface area contributed by atoms with E-state index in [2.05, 4.69) is 4.98 Å². The Morgan fingerprint density at radius 1 is 1.19 bits per heavy atom. The third-order valence-electron chi connectivity index (χ3n) is 4.00. The van der Waals surface area contributed by atoms with Crippen molar-refractivity contribution in [1.82, 2.24) is 9.55 Å². The van der Waals surface area contributed by atoms with Crippen molar-refractivity contribution in [2.45, 2.75) is 18.6 Å². The largest absolute Gasteiger partial charge is 0.335 e. The number of hydrogen-bond acceptors (Lipinski definition) is 4. The monoisotopic (exact) mass is 391 g/mol. The zero-order chi connectivity index (χ0) is 18.6. The van der Waals surface area contributed by atoms with E-state index in [4.69, 9.17) is 28.0 Å². The van der Waals surface area contributed by atoms with Gasteiger partial charge in [0, 0.05) is 34.4 Å². The van der Waals surface area contributed by atoms with Crippen LogP contribution in [0.4, 0.5) is 0 Å². The van der Waals surface area contributed by atoms with E-state index in [1.54, 1.807) is 41.5 Å². The molecule has 0 N–H and O–H groups in total. The first-order valence-electron chi connectivity index (χ1n) is 7.77. The van der Waals surface area contributed by atoms with Gasteiger partial charge in [0.1, 0.15) is 0 Å². The van der Waals surface area contributed by atoms with Crippen molar-refractivity contribution in [1.29, 1.82) is 0 Å². The molecule has 0 aliphatic heterocycles. The van der Waals surface area contributed by atoms with Crippen molar-refractivity contribution in [2.75, 3.05) is 0 Å². The Morgan fingerprint density at radius 2 is 1.96 bits per heavy atom. The summed E-state index contributed by atoms with van der Waals surface area (Å²) in [5, 5.41) is 11.3. The summed E-state index contributed by atoms with van der Waals surface area (Å²) in [7, 11) is 0. The van der Waals surface area contributed by atoms with Crippen molar-refractivity contribution >= 4 is 23.2 Å². The molecular formula is C18H15Cl2N3O3. The summed E-state index contributed by atoms with van der Waals surface area (Å²) in [4.78, 5) is 20.6. The standard InChI is InChI=1S/C18H15Cl2N3O3/c19-15-6-7-16(17(20)10-15)18(26-23(24)25,12-22-9-8-21-13-22)11-14-4-2-1-3-5-14/h1-10,13H,11-12H2. The van der Waals surface area contributed by atoms with Gasteiger partial charge in [-0.3, -0.25) is 0 Å². The van der Waals surface area contributed by atoms with Gasteiger partial charge in [-0.1, -0.05) is 59.6 Å². The van der Waals surface area contributed by atoms with E-state index in [0.29, 0.717) is 15.6 Å². The lowest BCUT2D eigenvalue weighted by molar-refractivity contribution is -0.785. The molecule has 6 nitrogen and oxygen atoms in total. The molecule has 2 aromatic carbocycles. The van der Waals surface area contributed by atoms with Crippen LogP contribution in [0.15, 0.2) is 67.3 Å². The fourth-order valence-corrected chi connectivity index (χ4v) is 3.53. The van der Waals surface area contributed by atoms with E-state index in [1.165, 1.54) is 0 Å². The van der Waals surface area contributed by atoms with Crippen LogP contribution in [0.2, 0.25) is 10.0 Å². The second kappa shape index (κ2) is 7.76. The summed E-state index contributed by atoms with van der Waals surface area (Å²) < 4.78 is 1.72. The number of imidazole rings is 1. The molecule has 1 aromatic heterocycles. The SMILES string of the molecule is O=[N+]([O-])OC(Cc1ccccc1)(Cn1ccnc1)c1ccc(Cl)cc1Cl. The minimum Gasteiger partial charge on any atom is -0.335 e. The molecule has 3 rings (SSSR count). The lowest BCUT2D eigenvalue weighted by Gasteiger charge is -2.33. The van der Waals surface area contributed by atoms with E-state index < -0.39 is 10.7 Å². The third-order valence-corrected chi connectivity index (χ3v) is 4.55. The van der Waals surface area contributed by atoms with Crippen LogP contribution in [0.3, 0.4) is 0 Å². The van der Waals surface area contributed by atoms with E-state index in [-0.39, 0.29) is 13.0 Å². The van der Waals surface area contributed by atoms with E-state index in [9.17, 15) is 10.1 Å². The van der Waals surface area contributed by atoms with Crippen molar-refractivity contribution in [3.63, 3.8) is 0 Å². The number of rotatable bonds is 7. The van der Waals surface area contributed by atoms with Gasteiger partial charge in [0.2, 0.25) is 0 Å². The molecule has 1 atom stereocenters. The van der Waals surface area contributed by atoms with Crippen LogP contribution in [0.5, 0.6) is 0 Å². The number of benzene rings is 2. The Hall–Kier alpha value is -2.57. The molecule has 0 aliphatic carbocycles. The van der Waals surface area contributed by atoms with Crippen molar-refractivity contribution < 1.29 is 9.92 Å². The van der Waals surface area contributed by atoms with Crippen LogP contribution in [0, 0.1) is 10.1 Å². The van der Waals surface area contributed by atoms with Crippen LogP contribution in [-0.2, 0) is 23.4 Å². The minimum absolute atomic E-state index is 0.157. The van der Waals surface area contributed by atoms with E-state index >= 15 is 0 Å². The Kier molecular flexibility index (Phi) is 5.44. The second-order valence-electron chi connectivity index (χ2n) is 5.83. The topological polar surface area (TPSA) is 70.2 Å². The number of halogens is 2. The van der Waals surface area contributed by atoms with E-state index in [0.717, 1.165) is 5.56 Å². The van der Waals surface area contributed by atoms with Gasteiger partial charge in [0.05, 0.1) is 12.9 Å². The summed E-state index contributed by atoms with van der Waals surface area (Å²) in [6, 6.07) is 14.2. The van der Waals surface area contributed by atoms with Gasteiger partial charge in [-0.25, -0.2) is 4.98 Å². The Morgan fingerprint density at radius 3 is 2.58 bits per heavy atom. The van der Waals surface area contributed by atoms with Crippen LogP contribution in [0.1, 0.15) is 11.1 Å². The summed E-state index contributed by atoms with van der Waals surface area (Å²) in [6.07, 6.45) is 5.14. The highest BCUT2D eigenvalue weighted by molar-refractivity contribution is 6.35. The molecule has 0 saturated heterocycles. The smallest absolute Gasteiger partial charge is 0.295 e. The molecular weight excluding hydrogens is 377 g/mol. The molecule has 0 saturated carbocycles. The molecule has 0 bridgehead atoms. The summed E-state index contributed by atoms with van der Waals surface area (Å²) in [5.74, 6) is 0. The number of aromatic nitrogens is 2. The van der Waals surface area contributed by atoms with Gasteiger partial charge in [0.15, 0.2) is 5.60 Å². The first kappa shape index (κ1) is 18.2. The maximum Gasteiger partial charge on any atom is 0.295 e. The first-order valence-corrected chi connectivity index (χ1v) is 8.53. The molecule has 0 fully saturated rings. The van der Waals surface area contributed by atoms with Crippen LogP contribution in [-0.4, -0.2) is 14.6 Å². The predicted octanol–water partition coefficient (Wildman–Crippen LogP) is 4.54. The predicted molar refractivity (Wildman–Crippen MR) is 98.6 cm³/mol. The van der Waals surface area contributed by atoms with Gasteiger partial charge < -0.3 is 9.40 Å². The zero-order valence-corrected chi connectivity index (χ0v) is 15.1. The molecule has 0 radical (unpaired) electrons. The second-order valence-corrected chi connectivity index (χ2v) is 6.67. The highest BCUT2D eigenvalue weighted by Gasteiger charge is 2.39. The van der Waals surface area contributed by atoms with E-state index in [1.807, 2.05) is 30.3 Å². The first-order chi connectivity index (χ1) is 12.5. The van der Waals surface area contributed by atoms with Gasteiger partial charge in [-0.15, -0.1) is 10.1 Å². The normalized spacial score (nSPS) is 13.2. The van der Waals surface area contributed by atoms with Crippen LogP contribution < -0.4 is 0 Å². The van der Waals surface area contributed by atoms with Crippen molar-refractivity contribution in [3.05, 3.63) is 98.5 Å². The van der Waals surface area contributed by atoms with Crippen molar-refractivity contribution in [2.24, 2.45) is 0 Å².